The van der Waals surface area contributed by atoms with Gasteiger partial charge in [-0.1, -0.05) is 12.1 Å². The normalized spacial score (nSPS) is 17.7. The van der Waals surface area contributed by atoms with E-state index in [-0.39, 0.29) is 6.67 Å². The van der Waals surface area contributed by atoms with E-state index >= 15 is 0 Å². The summed E-state index contributed by atoms with van der Waals surface area (Å²) in [6.07, 6.45) is 2.88. The molecule has 0 amide bonds. The molecule has 0 radical (unpaired) electrons. The average Bonchev–Trinajstić information content (AvgIpc) is 2.31. The topological polar surface area (TPSA) is 29.3 Å². The van der Waals surface area contributed by atoms with Gasteiger partial charge in [0.25, 0.3) is 0 Å². The molecule has 16 heavy (non-hydrogen) atoms. The fourth-order valence-corrected chi connectivity index (χ4v) is 2.39. The summed E-state index contributed by atoms with van der Waals surface area (Å²) in [5, 5.41) is 0. The molecule has 3 heteroatoms. The molecule has 1 heterocycles. The number of para-hydroxylation sites is 2. The molecular weight excluding hydrogens is 203 g/mol. The fraction of sp³-hybridized carbons (Fsp3) is 0.538. The van der Waals surface area contributed by atoms with E-state index in [1.54, 1.807) is 0 Å². The van der Waals surface area contributed by atoms with Crippen LogP contribution in [0.3, 0.4) is 0 Å². The highest BCUT2D eigenvalue weighted by molar-refractivity contribution is 5.67. The maximum absolute atomic E-state index is 12.2. The van der Waals surface area contributed by atoms with Crippen LogP contribution in [0, 0.1) is 5.92 Å². The van der Waals surface area contributed by atoms with Crippen LogP contribution in [0.2, 0.25) is 0 Å². The molecule has 1 saturated heterocycles. The van der Waals surface area contributed by atoms with Crippen molar-refractivity contribution in [2.75, 3.05) is 30.4 Å². The van der Waals surface area contributed by atoms with Gasteiger partial charge in [-0.05, 0) is 37.3 Å². The first-order chi connectivity index (χ1) is 7.81. The molecule has 0 saturated carbocycles. The quantitative estimate of drug-likeness (QED) is 0.797. The monoisotopic (exact) mass is 222 g/mol. The summed E-state index contributed by atoms with van der Waals surface area (Å²) >= 11 is 0. The molecule has 1 aromatic carbocycles. The molecule has 0 unspecified atom stereocenters. The van der Waals surface area contributed by atoms with Gasteiger partial charge in [-0.2, -0.15) is 0 Å². The minimum Gasteiger partial charge on any atom is -0.397 e. The highest BCUT2D eigenvalue weighted by atomic mass is 19.1. The molecule has 0 aromatic heterocycles. The first-order valence-electron chi connectivity index (χ1n) is 5.96. The number of nitrogen functional groups attached to an aromatic ring is 1. The number of rotatable bonds is 3. The van der Waals surface area contributed by atoms with Gasteiger partial charge >= 0.3 is 0 Å². The minimum absolute atomic E-state index is 0.182. The van der Waals surface area contributed by atoms with Gasteiger partial charge in [0.15, 0.2) is 0 Å². The summed E-state index contributed by atoms with van der Waals surface area (Å²) in [5.41, 5.74) is 7.91. The zero-order valence-electron chi connectivity index (χ0n) is 9.53. The lowest BCUT2D eigenvalue weighted by molar-refractivity contribution is 0.332. The van der Waals surface area contributed by atoms with Gasteiger partial charge in [0.05, 0.1) is 18.0 Å². The lowest BCUT2D eigenvalue weighted by Gasteiger charge is -2.34. The number of nitrogens with zero attached hydrogens (tertiary/aromatic N) is 1. The molecule has 0 spiro atoms. The number of nitrogens with two attached hydrogens (primary N) is 1. The number of alkyl halides is 1. The Hall–Kier alpha value is -1.25. The lowest BCUT2D eigenvalue weighted by Crippen LogP contribution is -2.34. The highest BCUT2D eigenvalue weighted by Crippen LogP contribution is 2.28. The molecule has 1 aliphatic rings. The molecule has 1 fully saturated rings. The summed E-state index contributed by atoms with van der Waals surface area (Å²) in [6, 6.07) is 7.96. The molecule has 0 aliphatic carbocycles. The van der Waals surface area contributed by atoms with Crippen molar-refractivity contribution in [1.29, 1.82) is 0 Å². The standard InChI is InChI=1S/C13H19FN2/c14-8-5-11-6-9-16(10-7-11)13-4-2-1-3-12(13)15/h1-4,11H,5-10,15H2. The Morgan fingerprint density at radius 3 is 2.56 bits per heavy atom. The van der Waals surface area contributed by atoms with Crippen molar-refractivity contribution in [3.8, 4) is 0 Å². The van der Waals surface area contributed by atoms with Gasteiger partial charge in [0.1, 0.15) is 0 Å². The zero-order valence-corrected chi connectivity index (χ0v) is 9.53. The molecule has 1 aromatic rings. The maximum Gasteiger partial charge on any atom is 0.0897 e. The van der Waals surface area contributed by atoms with Gasteiger partial charge < -0.3 is 10.6 Å². The Morgan fingerprint density at radius 1 is 1.25 bits per heavy atom. The summed E-state index contributed by atoms with van der Waals surface area (Å²) in [4.78, 5) is 2.31. The molecule has 0 atom stereocenters. The third-order valence-corrected chi connectivity index (χ3v) is 3.41. The maximum atomic E-state index is 12.2. The van der Waals surface area contributed by atoms with Crippen LogP contribution in [-0.2, 0) is 0 Å². The molecule has 2 nitrogen and oxygen atoms in total. The van der Waals surface area contributed by atoms with Crippen LogP contribution in [0.1, 0.15) is 19.3 Å². The third-order valence-electron chi connectivity index (χ3n) is 3.41. The first kappa shape index (κ1) is 11.2. The van der Waals surface area contributed by atoms with E-state index < -0.39 is 0 Å². The Kier molecular flexibility index (Phi) is 3.65. The highest BCUT2D eigenvalue weighted by Gasteiger charge is 2.19. The molecule has 2 N–H and O–H groups in total. The van der Waals surface area contributed by atoms with Crippen LogP contribution < -0.4 is 10.6 Å². The SMILES string of the molecule is Nc1ccccc1N1CCC(CCF)CC1. The van der Waals surface area contributed by atoms with E-state index in [0.717, 1.165) is 43.7 Å². The third kappa shape index (κ3) is 2.46. The van der Waals surface area contributed by atoms with Gasteiger partial charge in [0.2, 0.25) is 0 Å². The van der Waals surface area contributed by atoms with Crippen LogP contribution in [-0.4, -0.2) is 19.8 Å². The van der Waals surface area contributed by atoms with Gasteiger partial charge in [-0.25, -0.2) is 0 Å². The summed E-state index contributed by atoms with van der Waals surface area (Å²) in [6.45, 7) is 1.82. The van der Waals surface area contributed by atoms with Crippen molar-refractivity contribution in [1.82, 2.24) is 0 Å². The van der Waals surface area contributed by atoms with Crippen molar-refractivity contribution in [3.63, 3.8) is 0 Å². The Labute approximate surface area is 96.2 Å². The second-order valence-electron chi connectivity index (χ2n) is 4.47. The van der Waals surface area contributed by atoms with Crippen molar-refractivity contribution >= 4 is 11.4 Å². The van der Waals surface area contributed by atoms with Crippen LogP contribution in [0.15, 0.2) is 24.3 Å². The summed E-state index contributed by atoms with van der Waals surface area (Å²) in [5.74, 6) is 0.561. The van der Waals surface area contributed by atoms with Crippen molar-refractivity contribution in [2.24, 2.45) is 5.92 Å². The average molecular weight is 222 g/mol. The lowest BCUT2D eigenvalue weighted by atomic mass is 9.94. The Morgan fingerprint density at radius 2 is 1.94 bits per heavy atom. The van der Waals surface area contributed by atoms with E-state index in [1.807, 2.05) is 18.2 Å². The van der Waals surface area contributed by atoms with E-state index in [4.69, 9.17) is 5.73 Å². The molecule has 1 aliphatic heterocycles. The van der Waals surface area contributed by atoms with Crippen molar-refractivity contribution in [2.45, 2.75) is 19.3 Å². The number of anilines is 2. The largest absolute Gasteiger partial charge is 0.397 e. The van der Waals surface area contributed by atoms with Crippen LogP contribution in [0.5, 0.6) is 0 Å². The van der Waals surface area contributed by atoms with Crippen LogP contribution in [0.4, 0.5) is 15.8 Å². The van der Waals surface area contributed by atoms with Crippen molar-refractivity contribution in [3.05, 3.63) is 24.3 Å². The Bertz CT molecular complexity index is 332. The van der Waals surface area contributed by atoms with Gasteiger partial charge in [0, 0.05) is 13.1 Å². The molecule has 0 bridgehead atoms. The van der Waals surface area contributed by atoms with Crippen LogP contribution in [0.25, 0.3) is 0 Å². The number of hydrogen-bond acceptors (Lipinski definition) is 2. The van der Waals surface area contributed by atoms with Crippen molar-refractivity contribution < 1.29 is 4.39 Å². The van der Waals surface area contributed by atoms with E-state index in [0.29, 0.717) is 5.92 Å². The Balaban J connectivity index is 1.96. The number of hydrogen-bond donors (Lipinski definition) is 1. The van der Waals surface area contributed by atoms with Gasteiger partial charge in [-0.15, -0.1) is 0 Å². The summed E-state index contributed by atoms with van der Waals surface area (Å²) < 4.78 is 12.2. The van der Waals surface area contributed by atoms with E-state index in [2.05, 4.69) is 11.0 Å². The van der Waals surface area contributed by atoms with Crippen LogP contribution >= 0.6 is 0 Å². The predicted molar refractivity (Wildman–Crippen MR) is 66.4 cm³/mol. The van der Waals surface area contributed by atoms with E-state index in [1.165, 1.54) is 0 Å². The smallest absolute Gasteiger partial charge is 0.0897 e. The number of benzene rings is 1. The zero-order chi connectivity index (χ0) is 11.4. The molecule has 88 valence electrons. The predicted octanol–water partition coefficient (Wildman–Crippen LogP) is 2.84. The van der Waals surface area contributed by atoms with Gasteiger partial charge in [-0.3, -0.25) is 4.39 Å². The minimum atomic E-state index is -0.182. The summed E-state index contributed by atoms with van der Waals surface area (Å²) in [7, 11) is 0. The number of piperidine rings is 1. The number of halogens is 1. The fourth-order valence-electron chi connectivity index (χ4n) is 2.39. The molecular formula is C13H19FN2. The van der Waals surface area contributed by atoms with E-state index in [9.17, 15) is 4.39 Å². The second kappa shape index (κ2) is 5.19. The first-order valence-corrected chi connectivity index (χ1v) is 5.96. The molecule has 2 rings (SSSR count). The second-order valence-corrected chi connectivity index (χ2v) is 4.47.